The molecule has 2 aromatic carbocycles. The summed E-state index contributed by atoms with van der Waals surface area (Å²) in [5.74, 6) is -0.237. The number of carbonyl (C=O) groups is 2. The molecule has 0 aliphatic rings. The van der Waals surface area contributed by atoms with Gasteiger partial charge in [0.2, 0.25) is 11.8 Å². The van der Waals surface area contributed by atoms with Crippen LogP contribution in [0.25, 0.3) is 0 Å². The van der Waals surface area contributed by atoms with Gasteiger partial charge in [-0.25, -0.2) is 0 Å². The number of benzene rings is 2. The van der Waals surface area contributed by atoms with Crippen LogP contribution in [0, 0.1) is 11.3 Å². The Morgan fingerprint density at radius 3 is 2.42 bits per heavy atom. The molecule has 0 aliphatic carbocycles. The Balaban J connectivity index is 1.80. The lowest BCUT2D eigenvalue weighted by Crippen LogP contribution is -2.26. The largest absolute Gasteiger partial charge is 0.325 e. The molecule has 0 heterocycles. The van der Waals surface area contributed by atoms with Gasteiger partial charge in [0.05, 0.1) is 11.3 Å². The summed E-state index contributed by atoms with van der Waals surface area (Å²) in [7, 11) is 1.72. The second-order valence-electron chi connectivity index (χ2n) is 5.35. The Kier molecular flexibility index (Phi) is 6.09. The van der Waals surface area contributed by atoms with Gasteiger partial charge in [0.1, 0.15) is 6.07 Å². The maximum Gasteiger partial charge on any atom is 0.226 e. The maximum atomic E-state index is 12.1. The van der Waals surface area contributed by atoms with Crippen molar-refractivity contribution in [3.05, 3.63) is 60.2 Å². The van der Waals surface area contributed by atoms with Crippen LogP contribution in [0.5, 0.6) is 0 Å². The molecule has 5 heteroatoms. The third kappa shape index (κ3) is 4.68. The highest BCUT2D eigenvalue weighted by atomic mass is 16.2. The lowest BCUT2D eigenvalue weighted by atomic mass is 10.1. The van der Waals surface area contributed by atoms with Gasteiger partial charge in [-0.1, -0.05) is 30.3 Å². The van der Waals surface area contributed by atoms with Crippen molar-refractivity contribution in [1.29, 1.82) is 5.26 Å². The van der Waals surface area contributed by atoms with Crippen molar-refractivity contribution in [2.45, 2.75) is 19.3 Å². The number of nitriles is 1. The van der Waals surface area contributed by atoms with Gasteiger partial charge in [0, 0.05) is 25.6 Å². The minimum atomic E-state index is -0.201. The van der Waals surface area contributed by atoms with E-state index < -0.39 is 0 Å². The molecule has 1 N–H and O–H groups in total. The van der Waals surface area contributed by atoms with Crippen LogP contribution in [-0.4, -0.2) is 18.9 Å². The average Bonchev–Trinajstić information content (AvgIpc) is 2.62. The number of nitrogens with zero attached hydrogens (tertiary/aromatic N) is 2. The third-order valence-corrected chi connectivity index (χ3v) is 3.63. The van der Waals surface area contributed by atoms with E-state index in [1.165, 1.54) is 0 Å². The Labute approximate surface area is 141 Å². The van der Waals surface area contributed by atoms with Crippen LogP contribution in [-0.2, 0) is 9.59 Å². The van der Waals surface area contributed by atoms with Gasteiger partial charge in [-0.3, -0.25) is 9.59 Å². The van der Waals surface area contributed by atoms with Crippen LogP contribution in [0.4, 0.5) is 11.4 Å². The van der Waals surface area contributed by atoms with Crippen LogP contribution in [0.2, 0.25) is 0 Å². The zero-order valence-corrected chi connectivity index (χ0v) is 13.5. The van der Waals surface area contributed by atoms with Crippen LogP contribution < -0.4 is 10.2 Å². The van der Waals surface area contributed by atoms with E-state index in [1.807, 2.05) is 36.4 Å². The molecule has 0 unspecified atom stereocenters. The molecule has 2 rings (SSSR count). The molecule has 0 saturated carbocycles. The molecule has 0 spiro atoms. The highest BCUT2D eigenvalue weighted by molar-refractivity contribution is 5.94. The van der Waals surface area contributed by atoms with Crippen LogP contribution >= 0.6 is 0 Å². The van der Waals surface area contributed by atoms with Gasteiger partial charge in [0.15, 0.2) is 0 Å². The molecule has 0 aliphatic heterocycles. The summed E-state index contributed by atoms with van der Waals surface area (Å²) in [6.07, 6.45) is 0.976. The number of rotatable bonds is 6. The van der Waals surface area contributed by atoms with E-state index >= 15 is 0 Å². The number of nitrogens with one attached hydrogen (secondary N) is 1. The highest BCUT2D eigenvalue weighted by Gasteiger charge is 2.12. The van der Waals surface area contributed by atoms with Gasteiger partial charge >= 0.3 is 0 Å². The Morgan fingerprint density at radius 1 is 1.04 bits per heavy atom. The van der Waals surface area contributed by atoms with E-state index in [1.54, 1.807) is 36.2 Å². The summed E-state index contributed by atoms with van der Waals surface area (Å²) >= 11 is 0. The smallest absolute Gasteiger partial charge is 0.226 e. The Hall–Kier alpha value is -3.13. The molecule has 0 fully saturated rings. The number of amides is 2. The van der Waals surface area contributed by atoms with E-state index in [0.29, 0.717) is 24.1 Å². The molecule has 0 atom stereocenters. The minimum Gasteiger partial charge on any atom is -0.325 e. The SMILES string of the molecule is CN(C(=O)CCCC(=O)Nc1ccccc1C#N)c1ccccc1. The maximum absolute atomic E-state index is 12.1. The topological polar surface area (TPSA) is 73.2 Å². The molecule has 0 saturated heterocycles. The fraction of sp³-hybridized carbons (Fsp3) is 0.211. The van der Waals surface area contributed by atoms with Gasteiger partial charge in [0.25, 0.3) is 0 Å². The van der Waals surface area contributed by atoms with Crippen LogP contribution in [0.3, 0.4) is 0 Å². The first kappa shape index (κ1) is 17.2. The Bertz CT molecular complexity index is 751. The van der Waals surface area contributed by atoms with Crippen molar-refractivity contribution in [3.63, 3.8) is 0 Å². The Morgan fingerprint density at radius 2 is 1.71 bits per heavy atom. The lowest BCUT2D eigenvalue weighted by Gasteiger charge is -2.17. The first-order valence-corrected chi connectivity index (χ1v) is 7.72. The number of anilines is 2. The first-order chi connectivity index (χ1) is 11.6. The standard InChI is InChI=1S/C19H19N3O2/c1-22(16-9-3-2-4-10-16)19(24)13-7-12-18(23)21-17-11-6-5-8-15(17)14-20/h2-6,8-11H,7,12-13H2,1H3,(H,21,23). The molecule has 0 radical (unpaired) electrons. The molecule has 0 bridgehead atoms. The fourth-order valence-electron chi connectivity index (χ4n) is 2.27. The van der Waals surface area contributed by atoms with Crippen molar-refractivity contribution in [1.82, 2.24) is 0 Å². The van der Waals surface area contributed by atoms with Crippen LogP contribution in [0.15, 0.2) is 54.6 Å². The van der Waals surface area contributed by atoms with Crippen molar-refractivity contribution < 1.29 is 9.59 Å². The van der Waals surface area contributed by atoms with Gasteiger partial charge in [-0.2, -0.15) is 5.26 Å². The van der Waals surface area contributed by atoms with E-state index in [9.17, 15) is 9.59 Å². The van der Waals surface area contributed by atoms with E-state index in [0.717, 1.165) is 5.69 Å². The first-order valence-electron chi connectivity index (χ1n) is 7.72. The van der Waals surface area contributed by atoms with Crippen molar-refractivity contribution in [2.24, 2.45) is 0 Å². The van der Waals surface area contributed by atoms with E-state index in [2.05, 4.69) is 5.32 Å². The van der Waals surface area contributed by atoms with Crippen LogP contribution in [0.1, 0.15) is 24.8 Å². The monoisotopic (exact) mass is 321 g/mol. The van der Waals surface area contributed by atoms with Crippen molar-refractivity contribution in [2.75, 3.05) is 17.3 Å². The van der Waals surface area contributed by atoms with Gasteiger partial charge in [-0.15, -0.1) is 0 Å². The summed E-state index contributed by atoms with van der Waals surface area (Å²) in [5.41, 5.74) is 1.75. The number of para-hydroxylation sites is 2. The molecule has 2 amide bonds. The second-order valence-corrected chi connectivity index (χ2v) is 5.35. The second kappa shape index (κ2) is 8.49. The summed E-state index contributed by atoms with van der Waals surface area (Å²) in [6.45, 7) is 0. The molecule has 122 valence electrons. The minimum absolute atomic E-state index is 0.0357. The van der Waals surface area contributed by atoms with Crippen molar-refractivity contribution >= 4 is 23.2 Å². The molecule has 2 aromatic rings. The lowest BCUT2D eigenvalue weighted by molar-refractivity contribution is -0.118. The predicted octanol–water partition coefficient (Wildman–Crippen LogP) is 3.33. The summed E-state index contributed by atoms with van der Waals surface area (Å²) in [6, 6.07) is 18.2. The van der Waals surface area contributed by atoms with Crippen molar-refractivity contribution in [3.8, 4) is 6.07 Å². The number of carbonyl (C=O) groups excluding carboxylic acids is 2. The van der Waals surface area contributed by atoms with Gasteiger partial charge < -0.3 is 10.2 Å². The summed E-state index contributed by atoms with van der Waals surface area (Å²) in [5, 5.41) is 11.7. The number of hydrogen-bond acceptors (Lipinski definition) is 3. The van der Waals surface area contributed by atoms with E-state index in [-0.39, 0.29) is 18.2 Å². The van der Waals surface area contributed by atoms with Gasteiger partial charge in [-0.05, 0) is 30.7 Å². The molecule has 0 aromatic heterocycles. The third-order valence-electron chi connectivity index (χ3n) is 3.63. The summed E-state index contributed by atoms with van der Waals surface area (Å²) < 4.78 is 0. The predicted molar refractivity (Wildman–Crippen MR) is 93.5 cm³/mol. The zero-order valence-electron chi connectivity index (χ0n) is 13.5. The molecule has 24 heavy (non-hydrogen) atoms. The van der Waals surface area contributed by atoms with E-state index in [4.69, 9.17) is 5.26 Å². The number of hydrogen-bond donors (Lipinski definition) is 1. The average molecular weight is 321 g/mol. The fourth-order valence-corrected chi connectivity index (χ4v) is 2.27. The summed E-state index contributed by atoms with van der Waals surface area (Å²) in [4.78, 5) is 25.7. The molecule has 5 nitrogen and oxygen atoms in total. The normalized spacial score (nSPS) is 9.83. The quantitative estimate of drug-likeness (QED) is 0.887. The zero-order chi connectivity index (χ0) is 17.4. The molecular weight excluding hydrogens is 302 g/mol. The highest BCUT2D eigenvalue weighted by Crippen LogP contribution is 2.15. The molecular formula is C19H19N3O2.